The van der Waals surface area contributed by atoms with Gasteiger partial charge in [0, 0.05) is 13.0 Å². The van der Waals surface area contributed by atoms with E-state index in [2.05, 4.69) is 0 Å². The van der Waals surface area contributed by atoms with E-state index in [1.54, 1.807) is 0 Å². The minimum Gasteiger partial charge on any atom is -0.490 e. The van der Waals surface area contributed by atoms with Crippen LogP contribution >= 0.6 is 0 Å². The van der Waals surface area contributed by atoms with Crippen LogP contribution in [0.1, 0.15) is 51.7 Å². The van der Waals surface area contributed by atoms with Gasteiger partial charge in [-0.05, 0) is 37.5 Å². The number of fused-ring (bicyclic) bond motifs is 1. The largest absolute Gasteiger partial charge is 0.490 e. The van der Waals surface area contributed by atoms with Gasteiger partial charge >= 0.3 is 0 Å². The highest BCUT2D eigenvalue weighted by molar-refractivity contribution is 5.44. The third-order valence-corrected chi connectivity index (χ3v) is 4.21. The Morgan fingerprint density at radius 2 is 1.81 bits per heavy atom. The molecule has 0 radical (unpaired) electrons. The Balaban J connectivity index is 2.29. The Bertz CT molecular complexity index is 454. The average Bonchev–Trinajstić information content (AvgIpc) is 2.76. The van der Waals surface area contributed by atoms with E-state index in [0.29, 0.717) is 25.6 Å². The van der Waals surface area contributed by atoms with E-state index in [-0.39, 0.29) is 0 Å². The molecule has 118 valence electrons. The van der Waals surface area contributed by atoms with Crippen molar-refractivity contribution in [3.8, 4) is 11.5 Å². The van der Waals surface area contributed by atoms with Crippen LogP contribution in [0, 0.1) is 0 Å². The minimum atomic E-state index is -0.676. The van der Waals surface area contributed by atoms with Gasteiger partial charge in [0.1, 0.15) is 6.10 Å². The van der Waals surface area contributed by atoms with Crippen molar-refractivity contribution in [2.45, 2.75) is 51.7 Å². The first-order valence-electron chi connectivity index (χ1n) is 7.88. The number of aliphatic hydroxyl groups excluding tert-OH is 1. The van der Waals surface area contributed by atoms with Gasteiger partial charge in [-0.2, -0.15) is 0 Å². The topological polar surface area (TPSA) is 47.9 Å². The van der Waals surface area contributed by atoms with Crippen molar-refractivity contribution in [1.82, 2.24) is 0 Å². The molecule has 0 aromatic heterocycles. The van der Waals surface area contributed by atoms with Crippen LogP contribution in [0.5, 0.6) is 11.5 Å². The molecule has 1 aliphatic heterocycles. The van der Waals surface area contributed by atoms with Crippen molar-refractivity contribution in [2.24, 2.45) is 0 Å². The number of hydrogen-bond donors (Lipinski definition) is 1. The molecule has 1 aromatic carbocycles. The Labute approximate surface area is 127 Å². The Morgan fingerprint density at radius 1 is 1.14 bits per heavy atom. The fourth-order valence-corrected chi connectivity index (χ4v) is 2.86. The predicted octanol–water partition coefficient (Wildman–Crippen LogP) is 3.48. The van der Waals surface area contributed by atoms with E-state index in [9.17, 15) is 5.11 Å². The maximum atomic E-state index is 10.8. The van der Waals surface area contributed by atoms with Gasteiger partial charge in [-0.25, -0.2) is 0 Å². The number of aliphatic hydroxyl groups is 1. The Morgan fingerprint density at radius 3 is 2.43 bits per heavy atom. The van der Waals surface area contributed by atoms with Gasteiger partial charge in [-0.1, -0.05) is 19.9 Å². The van der Waals surface area contributed by atoms with Gasteiger partial charge in [-0.3, -0.25) is 0 Å². The predicted molar refractivity (Wildman–Crippen MR) is 81.9 cm³/mol. The first kappa shape index (κ1) is 16.1. The van der Waals surface area contributed by atoms with Crippen molar-refractivity contribution >= 4 is 0 Å². The second-order valence-electron chi connectivity index (χ2n) is 5.36. The first-order valence-corrected chi connectivity index (χ1v) is 7.88. The molecule has 4 heteroatoms. The van der Waals surface area contributed by atoms with E-state index in [1.807, 2.05) is 39.0 Å². The van der Waals surface area contributed by atoms with E-state index >= 15 is 0 Å². The Hall–Kier alpha value is -1.26. The van der Waals surface area contributed by atoms with Gasteiger partial charge in [-0.15, -0.1) is 0 Å². The van der Waals surface area contributed by atoms with Gasteiger partial charge < -0.3 is 19.3 Å². The molecule has 1 unspecified atom stereocenters. The first-order chi connectivity index (χ1) is 10.2. The maximum absolute atomic E-state index is 10.8. The zero-order chi connectivity index (χ0) is 15.3. The maximum Gasteiger partial charge on any atom is 0.161 e. The molecule has 1 aromatic rings. The molecule has 0 amide bonds. The molecule has 0 fully saturated rings. The summed E-state index contributed by atoms with van der Waals surface area (Å²) in [5.41, 5.74) is 0.269. The molecule has 0 saturated heterocycles. The zero-order valence-electron chi connectivity index (χ0n) is 13.2. The summed E-state index contributed by atoms with van der Waals surface area (Å²) in [4.78, 5) is 0. The van der Waals surface area contributed by atoms with E-state index in [4.69, 9.17) is 14.2 Å². The lowest BCUT2D eigenvalue weighted by Crippen LogP contribution is -2.38. The molecule has 2 rings (SSSR count). The summed E-state index contributed by atoms with van der Waals surface area (Å²) in [5, 5.41) is 10.8. The molecule has 1 N–H and O–H groups in total. The summed E-state index contributed by atoms with van der Waals surface area (Å²) in [6.07, 6.45) is 1.71. The molecule has 0 aliphatic carbocycles. The lowest BCUT2D eigenvalue weighted by molar-refractivity contribution is -0.127. The zero-order valence-corrected chi connectivity index (χ0v) is 13.2. The van der Waals surface area contributed by atoms with E-state index < -0.39 is 11.7 Å². The van der Waals surface area contributed by atoms with Crippen molar-refractivity contribution in [2.75, 3.05) is 19.8 Å². The number of benzene rings is 1. The number of ether oxygens (including phenoxy) is 3. The van der Waals surface area contributed by atoms with Crippen LogP contribution in [-0.4, -0.2) is 30.5 Å². The average molecular weight is 294 g/mol. The highest BCUT2D eigenvalue weighted by Gasteiger charge is 2.36. The smallest absolute Gasteiger partial charge is 0.161 e. The normalized spacial score (nSPS) is 16.4. The van der Waals surface area contributed by atoms with Crippen LogP contribution in [0.3, 0.4) is 0 Å². The van der Waals surface area contributed by atoms with Crippen LogP contribution in [0.15, 0.2) is 18.2 Å². The second kappa shape index (κ2) is 7.14. The molecule has 4 nitrogen and oxygen atoms in total. The molecular weight excluding hydrogens is 268 g/mol. The van der Waals surface area contributed by atoms with Crippen LogP contribution in [-0.2, 0) is 4.74 Å². The standard InChI is InChI=1S/C17H26O4/c1-4-17(5-2,21-6-3)16(18)13-8-9-14-15(12-13)20-11-7-10-19-14/h8-9,12,16,18H,4-7,10-11H2,1-3H3. The van der Waals surface area contributed by atoms with Gasteiger partial charge in [0.25, 0.3) is 0 Å². The summed E-state index contributed by atoms with van der Waals surface area (Å²) < 4.78 is 17.2. The summed E-state index contributed by atoms with van der Waals surface area (Å²) in [6, 6.07) is 5.66. The van der Waals surface area contributed by atoms with E-state index in [1.165, 1.54) is 0 Å². The highest BCUT2D eigenvalue weighted by Crippen LogP contribution is 2.39. The second-order valence-corrected chi connectivity index (χ2v) is 5.36. The van der Waals surface area contributed by atoms with Crippen molar-refractivity contribution in [1.29, 1.82) is 0 Å². The molecule has 0 spiro atoms. The fourth-order valence-electron chi connectivity index (χ4n) is 2.86. The van der Waals surface area contributed by atoms with Crippen LogP contribution < -0.4 is 9.47 Å². The monoisotopic (exact) mass is 294 g/mol. The van der Waals surface area contributed by atoms with Crippen molar-refractivity contribution in [3.63, 3.8) is 0 Å². The molecule has 0 bridgehead atoms. The molecule has 1 atom stereocenters. The number of rotatable bonds is 6. The van der Waals surface area contributed by atoms with Gasteiger partial charge in [0.15, 0.2) is 11.5 Å². The van der Waals surface area contributed by atoms with Crippen LogP contribution in [0.25, 0.3) is 0 Å². The van der Waals surface area contributed by atoms with E-state index in [0.717, 1.165) is 30.6 Å². The summed E-state index contributed by atoms with van der Waals surface area (Å²) >= 11 is 0. The van der Waals surface area contributed by atoms with Gasteiger partial charge in [0.05, 0.1) is 18.8 Å². The molecule has 1 aliphatic rings. The molecule has 0 saturated carbocycles. The third-order valence-electron chi connectivity index (χ3n) is 4.21. The summed E-state index contributed by atoms with van der Waals surface area (Å²) in [5.74, 6) is 1.46. The highest BCUT2D eigenvalue weighted by atomic mass is 16.5. The molecular formula is C17H26O4. The van der Waals surface area contributed by atoms with Crippen molar-refractivity contribution < 1.29 is 19.3 Å². The quantitative estimate of drug-likeness (QED) is 0.872. The van der Waals surface area contributed by atoms with Crippen LogP contribution in [0.2, 0.25) is 0 Å². The summed E-state index contributed by atoms with van der Waals surface area (Å²) in [6.45, 7) is 7.95. The SMILES string of the molecule is CCOC(CC)(CC)C(O)c1ccc2c(c1)OCCCO2. The third kappa shape index (κ3) is 3.33. The summed E-state index contributed by atoms with van der Waals surface area (Å²) in [7, 11) is 0. The lowest BCUT2D eigenvalue weighted by atomic mass is 9.86. The lowest BCUT2D eigenvalue weighted by Gasteiger charge is -2.36. The Kier molecular flexibility index (Phi) is 5.48. The van der Waals surface area contributed by atoms with Gasteiger partial charge in [0.2, 0.25) is 0 Å². The minimum absolute atomic E-state index is 0.547. The molecule has 1 heterocycles. The van der Waals surface area contributed by atoms with Crippen LogP contribution in [0.4, 0.5) is 0 Å². The van der Waals surface area contributed by atoms with Crippen molar-refractivity contribution in [3.05, 3.63) is 23.8 Å². The number of hydrogen-bond acceptors (Lipinski definition) is 4. The molecule has 21 heavy (non-hydrogen) atoms. The fraction of sp³-hybridized carbons (Fsp3) is 0.647.